The van der Waals surface area contributed by atoms with Crippen LogP contribution in [0.1, 0.15) is 32.6 Å². The summed E-state index contributed by atoms with van der Waals surface area (Å²) in [5.41, 5.74) is 0.802. The lowest BCUT2D eigenvalue weighted by atomic mass is 10.2. The number of hydrogen-bond acceptors (Lipinski definition) is 2. The summed E-state index contributed by atoms with van der Waals surface area (Å²) in [7, 11) is 0. The van der Waals surface area contributed by atoms with Gasteiger partial charge in [0, 0.05) is 10.7 Å². The quantitative estimate of drug-likeness (QED) is 0.918. The minimum Gasteiger partial charge on any atom is -0.325 e. The first-order chi connectivity index (χ1) is 9.16. The molecule has 1 aliphatic heterocycles. The van der Waals surface area contributed by atoms with Crippen LogP contribution in [0.2, 0.25) is 5.02 Å². The van der Waals surface area contributed by atoms with Crippen LogP contribution in [0.3, 0.4) is 0 Å². The normalized spacial score (nSPS) is 18.6. The molecule has 3 nitrogen and oxygen atoms in total. The van der Waals surface area contributed by atoms with Gasteiger partial charge in [0.2, 0.25) is 5.91 Å². The van der Waals surface area contributed by atoms with Crippen molar-refractivity contribution in [3.05, 3.63) is 29.3 Å². The Morgan fingerprint density at radius 3 is 2.32 bits per heavy atom. The third kappa shape index (κ3) is 4.22. The van der Waals surface area contributed by atoms with Crippen LogP contribution in [0.15, 0.2) is 24.3 Å². The van der Waals surface area contributed by atoms with E-state index in [1.54, 1.807) is 12.1 Å². The maximum Gasteiger partial charge on any atom is 0.241 e. The van der Waals surface area contributed by atoms with Crippen LogP contribution in [0.4, 0.5) is 5.69 Å². The van der Waals surface area contributed by atoms with Gasteiger partial charge < -0.3 is 5.32 Å². The van der Waals surface area contributed by atoms with Crippen molar-refractivity contribution >= 4 is 23.2 Å². The second-order valence-electron chi connectivity index (χ2n) is 5.12. The first kappa shape index (κ1) is 14.4. The first-order valence-electron chi connectivity index (χ1n) is 6.97. The van der Waals surface area contributed by atoms with Gasteiger partial charge in [-0.25, -0.2) is 0 Å². The lowest BCUT2D eigenvalue weighted by Crippen LogP contribution is -2.42. The van der Waals surface area contributed by atoms with E-state index >= 15 is 0 Å². The second-order valence-corrected chi connectivity index (χ2v) is 5.56. The molecular formula is C15H21ClN2O. The highest BCUT2D eigenvalue weighted by Gasteiger charge is 2.21. The molecule has 19 heavy (non-hydrogen) atoms. The zero-order chi connectivity index (χ0) is 13.7. The number of carbonyl (C=O) groups is 1. The molecule has 1 aromatic rings. The molecule has 1 saturated heterocycles. The van der Waals surface area contributed by atoms with Crippen LogP contribution in [0.5, 0.6) is 0 Å². The fourth-order valence-corrected chi connectivity index (χ4v) is 2.55. The van der Waals surface area contributed by atoms with Crippen molar-refractivity contribution < 1.29 is 4.79 Å². The summed E-state index contributed by atoms with van der Waals surface area (Å²) in [6.45, 7) is 4.03. The van der Waals surface area contributed by atoms with Crippen LogP contribution in [-0.2, 0) is 4.79 Å². The highest BCUT2D eigenvalue weighted by Crippen LogP contribution is 2.16. The molecule has 1 N–H and O–H groups in total. The van der Waals surface area contributed by atoms with Gasteiger partial charge in [0.05, 0.1) is 6.04 Å². The molecule has 2 rings (SSSR count). The number of rotatable bonds is 3. The lowest BCUT2D eigenvalue weighted by Gasteiger charge is -2.26. The van der Waals surface area contributed by atoms with Crippen LogP contribution in [-0.4, -0.2) is 29.9 Å². The molecule has 1 heterocycles. The maximum atomic E-state index is 12.2. The summed E-state index contributed by atoms with van der Waals surface area (Å²) < 4.78 is 0. The average Bonchev–Trinajstić information content (AvgIpc) is 2.69. The zero-order valence-electron chi connectivity index (χ0n) is 11.4. The average molecular weight is 281 g/mol. The molecule has 0 bridgehead atoms. The summed E-state index contributed by atoms with van der Waals surface area (Å²) in [4.78, 5) is 14.5. The topological polar surface area (TPSA) is 32.3 Å². The number of nitrogens with one attached hydrogen (secondary N) is 1. The van der Waals surface area contributed by atoms with Crippen molar-refractivity contribution in [1.82, 2.24) is 4.90 Å². The van der Waals surface area contributed by atoms with Crippen molar-refractivity contribution in [3.8, 4) is 0 Å². The van der Waals surface area contributed by atoms with Crippen LogP contribution >= 0.6 is 11.6 Å². The standard InChI is InChI=1S/C15H21ClN2O/c1-12(18-10-4-2-3-5-11-18)15(19)17-14-8-6-13(16)7-9-14/h6-9,12H,2-5,10-11H2,1H3,(H,17,19)/t12-/m1/s1. The Morgan fingerprint density at radius 2 is 1.74 bits per heavy atom. The van der Waals surface area contributed by atoms with E-state index in [4.69, 9.17) is 11.6 Å². The summed E-state index contributed by atoms with van der Waals surface area (Å²) in [5.74, 6) is 0.0595. The fourth-order valence-electron chi connectivity index (χ4n) is 2.43. The number of nitrogens with zero attached hydrogens (tertiary/aromatic N) is 1. The smallest absolute Gasteiger partial charge is 0.241 e. The Morgan fingerprint density at radius 1 is 1.16 bits per heavy atom. The van der Waals surface area contributed by atoms with Crippen LogP contribution in [0, 0.1) is 0 Å². The largest absolute Gasteiger partial charge is 0.325 e. The van der Waals surface area contributed by atoms with Crippen molar-refractivity contribution in [1.29, 1.82) is 0 Å². The molecule has 0 aromatic heterocycles. The molecule has 0 spiro atoms. The van der Waals surface area contributed by atoms with Crippen molar-refractivity contribution in [3.63, 3.8) is 0 Å². The van der Waals surface area contributed by atoms with Gasteiger partial charge in [-0.15, -0.1) is 0 Å². The molecule has 0 saturated carbocycles. The minimum absolute atomic E-state index is 0.0595. The molecule has 1 amide bonds. The van der Waals surface area contributed by atoms with E-state index in [9.17, 15) is 4.79 Å². The molecule has 1 aliphatic rings. The number of carbonyl (C=O) groups excluding carboxylic acids is 1. The first-order valence-corrected chi connectivity index (χ1v) is 7.35. The molecule has 4 heteroatoms. The van der Waals surface area contributed by atoms with E-state index in [1.165, 1.54) is 25.7 Å². The number of likely N-dealkylation sites (tertiary alicyclic amines) is 1. The Kier molecular flexibility index (Phi) is 5.23. The summed E-state index contributed by atoms with van der Waals surface area (Å²) in [6, 6.07) is 7.15. The molecule has 0 aliphatic carbocycles. The predicted octanol–water partition coefficient (Wildman–Crippen LogP) is 3.54. The third-order valence-corrected chi connectivity index (χ3v) is 3.93. The van der Waals surface area contributed by atoms with E-state index in [-0.39, 0.29) is 11.9 Å². The molecule has 1 aromatic carbocycles. The number of amides is 1. The fraction of sp³-hybridized carbons (Fsp3) is 0.533. The number of benzene rings is 1. The van der Waals surface area contributed by atoms with Gasteiger partial charge in [-0.1, -0.05) is 24.4 Å². The van der Waals surface area contributed by atoms with Crippen molar-refractivity contribution in [2.24, 2.45) is 0 Å². The van der Waals surface area contributed by atoms with Crippen LogP contribution in [0.25, 0.3) is 0 Å². The van der Waals surface area contributed by atoms with Crippen LogP contribution < -0.4 is 5.32 Å². The Bertz CT molecular complexity index is 411. The maximum absolute atomic E-state index is 12.2. The highest BCUT2D eigenvalue weighted by atomic mass is 35.5. The van der Waals surface area contributed by atoms with E-state index in [0.717, 1.165) is 18.8 Å². The van der Waals surface area contributed by atoms with Crippen molar-refractivity contribution in [2.75, 3.05) is 18.4 Å². The molecular weight excluding hydrogens is 260 g/mol. The summed E-state index contributed by atoms with van der Waals surface area (Å²) >= 11 is 5.83. The van der Waals surface area contributed by atoms with E-state index in [1.807, 2.05) is 19.1 Å². The predicted molar refractivity (Wildman–Crippen MR) is 79.6 cm³/mol. The number of halogens is 1. The summed E-state index contributed by atoms with van der Waals surface area (Å²) in [6.07, 6.45) is 4.95. The van der Waals surface area contributed by atoms with E-state index < -0.39 is 0 Å². The highest BCUT2D eigenvalue weighted by molar-refractivity contribution is 6.30. The van der Waals surface area contributed by atoms with Gasteiger partial charge in [-0.3, -0.25) is 9.69 Å². The van der Waals surface area contributed by atoms with Gasteiger partial charge in [0.25, 0.3) is 0 Å². The number of anilines is 1. The monoisotopic (exact) mass is 280 g/mol. The minimum atomic E-state index is -0.0752. The van der Waals surface area contributed by atoms with E-state index in [0.29, 0.717) is 5.02 Å². The van der Waals surface area contributed by atoms with Gasteiger partial charge in [-0.2, -0.15) is 0 Å². The summed E-state index contributed by atoms with van der Waals surface area (Å²) in [5, 5.41) is 3.63. The molecule has 1 fully saturated rings. The SMILES string of the molecule is C[C@H](C(=O)Nc1ccc(Cl)cc1)N1CCCCCC1. The second kappa shape index (κ2) is 6.92. The van der Waals surface area contributed by atoms with Gasteiger partial charge in [0.1, 0.15) is 0 Å². The molecule has 0 radical (unpaired) electrons. The third-order valence-electron chi connectivity index (χ3n) is 3.68. The Hall–Kier alpha value is -1.06. The van der Waals surface area contributed by atoms with Gasteiger partial charge in [0.15, 0.2) is 0 Å². The molecule has 1 atom stereocenters. The molecule has 0 unspecified atom stereocenters. The zero-order valence-corrected chi connectivity index (χ0v) is 12.1. The molecule has 104 valence electrons. The van der Waals surface area contributed by atoms with Gasteiger partial charge in [-0.05, 0) is 57.1 Å². The number of hydrogen-bond donors (Lipinski definition) is 1. The Labute approximate surface area is 119 Å². The van der Waals surface area contributed by atoms with Gasteiger partial charge >= 0.3 is 0 Å². The van der Waals surface area contributed by atoms with E-state index in [2.05, 4.69) is 10.2 Å². The Balaban J connectivity index is 1.92. The lowest BCUT2D eigenvalue weighted by molar-refractivity contribution is -0.120. The van der Waals surface area contributed by atoms with Crippen molar-refractivity contribution in [2.45, 2.75) is 38.6 Å².